The van der Waals surface area contributed by atoms with Gasteiger partial charge >= 0.3 is 0 Å². The van der Waals surface area contributed by atoms with Gasteiger partial charge in [-0.2, -0.15) is 0 Å². The molecule has 0 aromatic rings. The minimum Gasteiger partial charge on any atom is -0.382 e. The van der Waals surface area contributed by atoms with Gasteiger partial charge in [0.1, 0.15) is 0 Å². The van der Waals surface area contributed by atoms with Crippen LogP contribution >= 0.6 is 24.0 Å². The van der Waals surface area contributed by atoms with Crippen molar-refractivity contribution in [3.05, 3.63) is 0 Å². The molecule has 28 heavy (non-hydrogen) atoms. The van der Waals surface area contributed by atoms with Gasteiger partial charge in [-0.15, -0.1) is 24.0 Å². The Hall–Kier alpha value is -0.120. The largest absolute Gasteiger partial charge is 0.382 e. The molecular formula is C21H43IN4O2. The Balaban J connectivity index is 0.00000392. The molecule has 0 aromatic heterocycles. The second-order valence-electron chi connectivity index (χ2n) is 8.03. The van der Waals surface area contributed by atoms with Crippen LogP contribution < -0.4 is 5.32 Å². The first-order valence-corrected chi connectivity index (χ1v) is 11.0. The quantitative estimate of drug-likeness (QED) is 0.200. The van der Waals surface area contributed by atoms with Crippen molar-refractivity contribution >= 4 is 29.9 Å². The molecule has 0 amide bonds. The standard InChI is InChI=1S/C21H42N4O2.HI/c1-4-22-21(25-14-11-19(17-25)18-27-16-15-26-3)23-12-8-13-24(2)20-9-6-5-7-10-20;/h19-20H,4-18H2,1-3H3,(H,22,23);1H. The van der Waals surface area contributed by atoms with Gasteiger partial charge in [-0.1, -0.05) is 19.3 Å². The normalized spacial score (nSPS) is 21.2. The van der Waals surface area contributed by atoms with Crippen LogP contribution in [0.15, 0.2) is 4.99 Å². The highest BCUT2D eigenvalue weighted by Gasteiger charge is 2.25. The molecule has 1 unspecified atom stereocenters. The van der Waals surface area contributed by atoms with Crippen molar-refractivity contribution in [2.75, 3.05) is 66.7 Å². The van der Waals surface area contributed by atoms with E-state index in [1.165, 1.54) is 38.5 Å². The number of guanidine groups is 1. The molecule has 0 spiro atoms. The van der Waals surface area contributed by atoms with Gasteiger partial charge in [0.25, 0.3) is 0 Å². The number of likely N-dealkylation sites (tertiary alicyclic amines) is 1. The van der Waals surface area contributed by atoms with Crippen molar-refractivity contribution < 1.29 is 9.47 Å². The summed E-state index contributed by atoms with van der Waals surface area (Å²) < 4.78 is 10.8. The third kappa shape index (κ3) is 9.59. The van der Waals surface area contributed by atoms with E-state index < -0.39 is 0 Å². The average Bonchev–Trinajstić information content (AvgIpc) is 3.17. The highest BCUT2D eigenvalue weighted by molar-refractivity contribution is 14.0. The first-order valence-electron chi connectivity index (χ1n) is 11.0. The maximum Gasteiger partial charge on any atom is 0.193 e. The number of rotatable bonds is 11. The van der Waals surface area contributed by atoms with Crippen LogP contribution in [0.3, 0.4) is 0 Å². The second-order valence-corrected chi connectivity index (χ2v) is 8.03. The lowest BCUT2D eigenvalue weighted by Gasteiger charge is -2.31. The minimum absolute atomic E-state index is 0. The summed E-state index contributed by atoms with van der Waals surface area (Å²) in [7, 11) is 4.01. The Morgan fingerprint density at radius 3 is 2.68 bits per heavy atom. The Morgan fingerprint density at radius 1 is 1.18 bits per heavy atom. The summed E-state index contributed by atoms with van der Waals surface area (Å²) in [5, 5.41) is 3.47. The molecule has 1 saturated heterocycles. The summed E-state index contributed by atoms with van der Waals surface area (Å²) in [6.45, 7) is 9.44. The van der Waals surface area contributed by atoms with Gasteiger partial charge in [0, 0.05) is 45.2 Å². The fourth-order valence-electron chi connectivity index (χ4n) is 4.19. The van der Waals surface area contributed by atoms with Crippen molar-refractivity contribution in [3.63, 3.8) is 0 Å². The lowest BCUT2D eigenvalue weighted by molar-refractivity contribution is 0.0536. The minimum atomic E-state index is 0. The summed E-state index contributed by atoms with van der Waals surface area (Å²) >= 11 is 0. The first-order chi connectivity index (χ1) is 13.2. The fourth-order valence-corrected chi connectivity index (χ4v) is 4.19. The Kier molecular flexibility index (Phi) is 14.5. The van der Waals surface area contributed by atoms with Gasteiger partial charge in [0.2, 0.25) is 0 Å². The SMILES string of the molecule is CCNC(=NCCCN(C)C1CCCCC1)N1CCC(COCCOC)C1.I. The number of methoxy groups -OCH3 is 1. The summed E-state index contributed by atoms with van der Waals surface area (Å²) in [4.78, 5) is 9.86. The van der Waals surface area contributed by atoms with E-state index >= 15 is 0 Å². The Morgan fingerprint density at radius 2 is 1.96 bits per heavy atom. The average molecular weight is 511 g/mol. The molecular weight excluding hydrogens is 467 g/mol. The number of hydrogen-bond acceptors (Lipinski definition) is 4. The Labute approximate surface area is 189 Å². The van der Waals surface area contributed by atoms with E-state index in [1.54, 1.807) is 7.11 Å². The van der Waals surface area contributed by atoms with Crippen molar-refractivity contribution in [1.82, 2.24) is 15.1 Å². The molecule has 1 saturated carbocycles. The highest BCUT2D eigenvalue weighted by atomic mass is 127. The predicted octanol–water partition coefficient (Wildman–Crippen LogP) is 3.21. The lowest BCUT2D eigenvalue weighted by atomic mass is 9.94. The van der Waals surface area contributed by atoms with Crippen molar-refractivity contribution in [1.29, 1.82) is 0 Å². The van der Waals surface area contributed by atoms with E-state index in [2.05, 4.69) is 29.1 Å². The van der Waals surface area contributed by atoms with E-state index in [0.717, 1.165) is 57.8 Å². The molecule has 1 heterocycles. The molecule has 1 N–H and O–H groups in total. The summed E-state index contributed by atoms with van der Waals surface area (Å²) in [5.41, 5.74) is 0. The zero-order chi connectivity index (χ0) is 19.3. The molecule has 0 aromatic carbocycles. The summed E-state index contributed by atoms with van der Waals surface area (Å²) in [5.74, 6) is 1.68. The van der Waals surface area contributed by atoms with E-state index in [-0.39, 0.29) is 24.0 Å². The van der Waals surface area contributed by atoms with Gasteiger partial charge in [0.05, 0.1) is 19.8 Å². The monoisotopic (exact) mass is 510 g/mol. The van der Waals surface area contributed by atoms with E-state index in [0.29, 0.717) is 19.1 Å². The maximum absolute atomic E-state index is 5.71. The van der Waals surface area contributed by atoms with Crippen molar-refractivity contribution in [2.45, 2.75) is 57.9 Å². The first kappa shape index (κ1) is 25.9. The van der Waals surface area contributed by atoms with E-state index in [9.17, 15) is 0 Å². The third-order valence-electron chi connectivity index (χ3n) is 5.83. The number of halogens is 1. The fraction of sp³-hybridized carbons (Fsp3) is 0.952. The third-order valence-corrected chi connectivity index (χ3v) is 5.83. The molecule has 166 valence electrons. The van der Waals surface area contributed by atoms with Gasteiger partial charge in [-0.3, -0.25) is 4.99 Å². The molecule has 1 aliphatic heterocycles. The second kappa shape index (κ2) is 15.7. The molecule has 2 fully saturated rings. The van der Waals surface area contributed by atoms with Gasteiger partial charge in [0.15, 0.2) is 5.96 Å². The van der Waals surface area contributed by atoms with Gasteiger partial charge in [-0.25, -0.2) is 0 Å². The number of nitrogens with one attached hydrogen (secondary N) is 1. The van der Waals surface area contributed by atoms with Crippen molar-refractivity contribution in [2.24, 2.45) is 10.9 Å². The van der Waals surface area contributed by atoms with Gasteiger partial charge in [-0.05, 0) is 46.2 Å². The maximum atomic E-state index is 5.71. The number of ether oxygens (including phenoxy) is 2. The van der Waals surface area contributed by atoms with Crippen LogP contribution in [-0.2, 0) is 9.47 Å². The highest BCUT2D eigenvalue weighted by Crippen LogP contribution is 2.21. The van der Waals surface area contributed by atoms with Crippen LogP contribution in [0.5, 0.6) is 0 Å². The molecule has 2 rings (SSSR count). The molecule has 1 atom stereocenters. The zero-order valence-electron chi connectivity index (χ0n) is 18.3. The summed E-state index contributed by atoms with van der Waals surface area (Å²) in [6.07, 6.45) is 9.32. The van der Waals surface area contributed by atoms with E-state index in [4.69, 9.17) is 14.5 Å². The Bertz CT molecular complexity index is 419. The van der Waals surface area contributed by atoms with Crippen LogP contribution in [0, 0.1) is 5.92 Å². The molecule has 2 aliphatic rings. The van der Waals surface area contributed by atoms with Crippen LogP contribution in [-0.4, -0.2) is 88.5 Å². The van der Waals surface area contributed by atoms with Crippen LogP contribution in [0.2, 0.25) is 0 Å². The number of nitrogens with zero attached hydrogens (tertiary/aromatic N) is 3. The molecule has 1 aliphatic carbocycles. The molecule has 0 radical (unpaired) electrons. The van der Waals surface area contributed by atoms with Crippen LogP contribution in [0.25, 0.3) is 0 Å². The summed E-state index contributed by atoms with van der Waals surface area (Å²) in [6, 6.07) is 0.799. The molecule has 6 nitrogen and oxygen atoms in total. The zero-order valence-corrected chi connectivity index (χ0v) is 20.7. The van der Waals surface area contributed by atoms with E-state index in [1.807, 2.05) is 0 Å². The predicted molar refractivity (Wildman–Crippen MR) is 128 cm³/mol. The van der Waals surface area contributed by atoms with Gasteiger partial charge < -0.3 is 24.6 Å². The number of hydrogen-bond donors (Lipinski definition) is 1. The lowest BCUT2D eigenvalue weighted by Crippen LogP contribution is -2.40. The van der Waals surface area contributed by atoms with Crippen molar-refractivity contribution in [3.8, 4) is 0 Å². The smallest absolute Gasteiger partial charge is 0.193 e. The topological polar surface area (TPSA) is 49.3 Å². The van der Waals surface area contributed by atoms with Crippen LogP contribution in [0.1, 0.15) is 51.9 Å². The molecule has 7 heteroatoms. The molecule has 0 bridgehead atoms. The number of aliphatic imine (C=N–C) groups is 1. The van der Waals surface area contributed by atoms with Crippen LogP contribution in [0.4, 0.5) is 0 Å².